The van der Waals surface area contributed by atoms with Gasteiger partial charge in [-0.05, 0) is 26.2 Å². The molecule has 1 radical (unpaired) electrons. The molecule has 0 rings (SSSR count). The maximum atomic E-state index is 5.38. The highest BCUT2D eigenvalue weighted by Gasteiger charge is 1.98. The van der Waals surface area contributed by atoms with Crippen molar-refractivity contribution in [1.29, 1.82) is 0 Å². The maximum Gasteiger partial charge on any atom is 0.0575 e. The molecule has 1 atom stereocenters. The molecule has 0 aromatic carbocycles. The number of hydrogen-bond acceptors (Lipinski definition) is 2. The monoisotopic (exact) mass is 173 g/mol. The Morgan fingerprint density at radius 2 is 2.08 bits per heavy atom. The fourth-order valence-electron chi connectivity index (χ4n) is 0.831. The second-order valence-electron chi connectivity index (χ2n) is 2.93. The average molecular weight is 173 g/mol. The lowest BCUT2D eigenvalue weighted by Gasteiger charge is -2.08. The highest BCUT2D eigenvalue weighted by atomic mass is 16.5. The lowest BCUT2D eigenvalue weighted by molar-refractivity contribution is 0.112. The first-order valence-corrected chi connectivity index (χ1v) is 4.75. The van der Waals surface area contributed by atoms with Gasteiger partial charge in [0.1, 0.15) is 0 Å². The van der Waals surface area contributed by atoms with Crippen LogP contribution in [0.4, 0.5) is 0 Å². The molecule has 0 heterocycles. The van der Waals surface area contributed by atoms with Gasteiger partial charge in [-0.3, -0.25) is 0 Å². The molecule has 0 bridgehead atoms. The van der Waals surface area contributed by atoms with Crippen molar-refractivity contribution in [3.05, 3.63) is 6.42 Å². The zero-order valence-electron chi connectivity index (χ0n) is 8.51. The molecule has 73 valence electrons. The van der Waals surface area contributed by atoms with Crippen molar-refractivity contribution in [2.75, 3.05) is 20.3 Å². The van der Waals surface area contributed by atoms with Gasteiger partial charge in [-0.2, -0.15) is 0 Å². The molecular formula is C10H21O2. The van der Waals surface area contributed by atoms with E-state index in [0.717, 1.165) is 19.6 Å². The molecule has 0 spiro atoms. The van der Waals surface area contributed by atoms with Crippen LogP contribution in [-0.2, 0) is 9.47 Å². The Morgan fingerprint density at radius 1 is 1.33 bits per heavy atom. The van der Waals surface area contributed by atoms with E-state index >= 15 is 0 Å². The highest BCUT2D eigenvalue weighted by molar-refractivity contribution is 4.71. The summed E-state index contributed by atoms with van der Waals surface area (Å²) in [6, 6.07) is 0. The molecule has 0 aliphatic carbocycles. The van der Waals surface area contributed by atoms with Gasteiger partial charge < -0.3 is 9.47 Å². The molecule has 0 saturated carbocycles. The summed E-state index contributed by atoms with van der Waals surface area (Å²) in [5.74, 6) is 0. The molecular weight excluding hydrogens is 152 g/mol. The Labute approximate surface area is 76.3 Å². The minimum Gasteiger partial charge on any atom is -0.381 e. The molecule has 0 aliphatic rings. The Morgan fingerprint density at radius 3 is 2.67 bits per heavy atom. The second kappa shape index (κ2) is 9.01. The Bertz CT molecular complexity index is 83.9. The molecule has 1 unspecified atom stereocenters. The lowest BCUT2D eigenvalue weighted by atomic mass is 10.2. The predicted molar refractivity (Wildman–Crippen MR) is 51.1 cm³/mol. The van der Waals surface area contributed by atoms with Gasteiger partial charge in [0, 0.05) is 20.3 Å². The fraction of sp³-hybridized carbons (Fsp3) is 0.900. The summed E-state index contributed by atoms with van der Waals surface area (Å²) in [4.78, 5) is 0. The SMILES string of the molecule is CCCCOCC[CH]C(C)OC. The summed E-state index contributed by atoms with van der Waals surface area (Å²) in [6.45, 7) is 5.92. The zero-order valence-corrected chi connectivity index (χ0v) is 8.51. The van der Waals surface area contributed by atoms with Crippen LogP contribution in [0.1, 0.15) is 33.1 Å². The normalized spacial score (nSPS) is 13.2. The lowest BCUT2D eigenvalue weighted by Crippen LogP contribution is -2.07. The van der Waals surface area contributed by atoms with Gasteiger partial charge >= 0.3 is 0 Å². The topological polar surface area (TPSA) is 18.5 Å². The van der Waals surface area contributed by atoms with Crippen LogP contribution >= 0.6 is 0 Å². The van der Waals surface area contributed by atoms with E-state index in [-0.39, 0.29) is 6.10 Å². The van der Waals surface area contributed by atoms with Gasteiger partial charge in [-0.1, -0.05) is 13.3 Å². The summed E-state index contributed by atoms with van der Waals surface area (Å²) >= 11 is 0. The molecule has 0 N–H and O–H groups in total. The van der Waals surface area contributed by atoms with Crippen LogP contribution in [-0.4, -0.2) is 26.4 Å². The van der Waals surface area contributed by atoms with Gasteiger partial charge in [-0.25, -0.2) is 0 Å². The smallest absolute Gasteiger partial charge is 0.0575 e. The first-order chi connectivity index (χ1) is 5.81. The third-order valence-corrected chi connectivity index (χ3v) is 1.77. The molecule has 0 aromatic rings. The van der Waals surface area contributed by atoms with Crippen molar-refractivity contribution in [3.63, 3.8) is 0 Å². The first-order valence-electron chi connectivity index (χ1n) is 4.75. The largest absolute Gasteiger partial charge is 0.381 e. The van der Waals surface area contributed by atoms with Crippen molar-refractivity contribution in [1.82, 2.24) is 0 Å². The van der Waals surface area contributed by atoms with Crippen molar-refractivity contribution in [2.24, 2.45) is 0 Å². The number of methoxy groups -OCH3 is 1. The van der Waals surface area contributed by atoms with E-state index in [1.54, 1.807) is 7.11 Å². The molecule has 2 nitrogen and oxygen atoms in total. The van der Waals surface area contributed by atoms with E-state index in [9.17, 15) is 0 Å². The molecule has 0 saturated heterocycles. The van der Waals surface area contributed by atoms with Crippen molar-refractivity contribution >= 4 is 0 Å². The van der Waals surface area contributed by atoms with E-state index in [4.69, 9.17) is 9.47 Å². The zero-order chi connectivity index (χ0) is 9.23. The van der Waals surface area contributed by atoms with Gasteiger partial charge in [0.05, 0.1) is 6.10 Å². The number of ether oxygens (including phenoxy) is 2. The third kappa shape index (κ3) is 8.02. The minimum absolute atomic E-state index is 0.250. The summed E-state index contributed by atoms with van der Waals surface area (Å²) in [5, 5.41) is 0. The predicted octanol–water partition coefficient (Wildman–Crippen LogP) is 2.43. The van der Waals surface area contributed by atoms with Gasteiger partial charge in [0.15, 0.2) is 0 Å². The molecule has 0 aromatic heterocycles. The van der Waals surface area contributed by atoms with Crippen LogP contribution in [0.3, 0.4) is 0 Å². The highest BCUT2D eigenvalue weighted by Crippen LogP contribution is 1.98. The maximum absolute atomic E-state index is 5.38. The van der Waals surface area contributed by atoms with E-state index in [1.807, 2.05) is 6.92 Å². The molecule has 2 heteroatoms. The summed E-state index contributed by atoms with van der Waals surface area (Å²) in [5.41, 5.74) is 0. The van der Waals surface area contributed by atoms with Crippen LogP contribution in [0.2, 0.25) is 0 Å². The Balaban J connectivity index is 2.90. The molecule has 12 heavy (non-hydrogen) atoms. The minimum atomic E-state index is 0.250. The van der Waals surface area contributed by atoms with Gasteiger partial charge in [0.2, 0.25) is 0 Å². The van der Waals surface area contributed by atoms with E-state index in [0.29, 0.717) is 0 Å². The van der Waals surface area contributed by atoms with Crippen LogP contribution in [0, 0.1) is 6.42 Å². The molecule has 0 aliphatic heterocycles. The second-order valence-corrected chi connectivity index (χ2v) is 2.93. The summed E-state index contributed by atoms with van der Waals surface area (Å²) in [6.07, 6.45) is 5.74. The summed E-state index contributed by atoms with van der Waals surface area (Å²) < 4.78 is 10.4. The molecule has 0 amide bonds. The van der Waals surface area contributed by atoms with Crippen molar-refractivity contribution < 1.29 is 9.47 Å². The first kappa shape index (κ1) is 11.9. The van der Waals surface area contributed by atoms with Crippen molar-refractivity contribution in [3.8, 4) is 0 Å². The Hall–Kier alpha value is -0.0800. The number of hydrogen-bond donors (Lipinski definition) is 0. The quantitative estimate of drug-likeness (QED) is 0.525. The average Bonchev–Trinajstić information content (AvgIpc) is 2.10. The van der Waals surface area contributed by atoms with Crippen LogP contribution in [0.25, 0.3) is 0 Å². The fourth-order valence-corrected chi connectivity index (χ4v) is 0.831. The van der Waals surface area contributed by atoms with Crippen LogP contribution in [0.5, 0.6) is 0 Å². The van der Waals surface area contributed by atoms with Gasteiger partial charge in [-0.15, -0.1) is 0 Å². The van der Waals surface area contributed by atoms with E-state index < -0.39 is 0 Å². The standard InChI is InChI=1S/C10H21O2/c1-4-5-8-12-9-6-7-10(2)11-3/h7,10H,4-6,8-9H2,1-3H3. The third-order valence-electron chi connectivity index (χ3n) is 1.77. The van der Waals surface area contributed by atoms with Crippen LogP contribution < -0.4 is 0 Å². The van der Waals surface area contributed by atoms with Crippen LogP contribution in [0.15, 0.2) is 0 Å². The number of rotatable bonds is 8. The molecule has 0 fully saturated rings. The van der Waals surface area contributed by atoms with E-state index in [1.165, 1.54) is 12.8 Å². The Kier molecular flexibility index (Phi) is 8.95. The number of unbranched alkanes of at least 4 members (excludes halogenated alkanes) is 1. The van der Waals surface area contributed by atoms with E-state index in [2.05, 4.69) is 13.3 Å². The summed E-state index contributed by atoms with van der Waals surface area (Å²) in [7, 11) is 1.72. The van der Waals surface area contributed by atoms with Crippen molar-refractivity contribution in [2.45, 2.75) is 39.2 Å². The van der Waals surface area contributed by atoms with Gasteiger partial charge in [0.25, 0.3) is 0 Å².